The summed E-state index contributed by atoms with van der Waals surface area (Å²) in [5.41, 5.74) is 9.22. The number of hydrogen-bond acceptors (Lipinski definition) is 3. The first-order valence-electron chi connectivity index (χ1n) is 7.16. The van der Waals surface area contributed by atoms with Crippen molar-refractivity contribution < 1.29 is 4.79 Å². The number of rotatable bonds is 6. The molecular weight excluding hydrogens is 335 g/mol. The van der Waals surface area contributed by atoms with Crippen molar-refractivity contribution in [1.29, 1.82) is 0 Å². The van der Waals surface area contributed by atoms with Crippen molar-refractivity contribution in [2.45, 2.75) is 32.2 Å². The Morgan fingerprint density at radius 3 is 2.30 bits per heavy atom. The molecule has 0 fully saturated rings. The third kappa shape index (κ3) is 6.60. The molecule has 0 spiro atoms. The smallest absolute Gasteiger partial charge is 0.226 e. The maximum Gasteiger partial charge on any atom is 0.226 e. The standard InChI is InChI=1S/C16H22N4O.2ClH/c1-11(2)12-3-5-13(6-4-12)15(17)10-18-16(21)9-14-7-8-19-20-14;;/h3-8,11,15H,9-10,17H2,1-2H3,(H,18,21)(H,19,20);2*1H. The van der Waals surface area contributed by atoms with Crippen molar-refractivity contribution in [1.82, 2.24) is 15.5 Å². The Bertz CT molecular complexity index is 570. The summed E-state index contributed by atoms with van der Waals surface area (Å²) in [6.07, 6.45) is 1.92. The zero-order valence-corrected chi connectivity index (χ0v) is 14.9. The van der Waals surface area contributed by atoms with E-state index >= 15 is 0 Å². The first-order chi connectivity index (χ1) is 10.1. The van der Waals surface area contributed by atoms with Gasteiger partial charge in [0, 0.05) is 24.5 Å². The van der Waals surface area contributed by atoms with Crippen LogP contribution in [0.1, 0.15) is 42.6 Å². The number of hydrogen-bond donors (Lipinski definition) is 3. The second-order valence-electron chi connectivity index (χ2n) is 5.49. The molecule has 1 unspecified atom stereocenters. The molecule has 4 N–H and O–H groups in total. The monoisotopic (exact) mass is 358 g/mol. The normalized spacial score (nSPS) is 11.3. The number of nitrogens with zero attached hydrogens (tertiary/aromatic N) is 1. The lowest BCUT2D eigenvalue weighted by Gasteiger charge is -2.14. The molecule has 2 aromatic rings. The van der Waals surface area contributed by atoms with Gasteiger partial charge < -0.3 is 11.1 Å². The van der Waals surface area contributed by atoms with Crippen LogP contribution in [-0.4, -0.2) is 22.6 Å². The molecule has 0 saturated heterocycles. The Kier molecular flexibility index (Phi) is 9.56. The molecule has 0 aliphatic carbocycles. The molecule has 0 bridgehead atoms. The van der Waals surface area contributed by atoms with Crippen molar-refractivity contribution in [3.05, 3.63) is 53.3 Å². The highest BCUT2D eigenvalue weighted by Gasteiger charge is 2.10. The number of carbonyl (C=O) groups excluding carboxylic acids is 1. The van der Waals surface area contributed by atoms with Gasteiger partial charge in [0.05, 0.1) is 6.42 Å². The molecule has 0 saturated carbocycles. The zero-order chi connectivity index (χ0) is 15.2. The van der Waals surface area contributed by atoms with Gasteiger partial charge in [0.25, 0.3) is 0 Å². The lowest BCUT2D eigenvalue weighted by atomic mass is 9.99. The number of benzene rings is 1. The van der Waals surface area contributed by atoms with Crippen LogP contribution in [-0.2, 0) is 11.2 Å². The van der Waals surface area contributed by atoms with E-state index in [2.05, 4.69) is 41.5 Å². The Balaban J connectivity index is 0.00000242. The number of aromatic nitrogens is 2. The van der Waals surface area contributed by atoms with Crippen LogP contribution in [0.25, 0.3) is 0 Å². The number of carbonyl (C=O) groups is 1. The van der Waals surface area contributed by atoms with Crippen molar-refractivity contribution in [3.63, 3.8) is 0 Å². The average Bonchev–Trinajstić information content (AvgIpc) is 2.97. The summed E-state index contributed by atoms with van der Waals surface area (Å²) < 4.78 is 0. The number of H-pyrrole nitrogens is 1. The second-order valence-corrected chi connectivity index (χ2v) is 5.49. The van der Waals surface area contributed by atoms with Gasteiger partial charge in [-0.25, -0.2) is 0 Å². The third-order valence-corrected chi connectivity index (χ3v) is 3.46. The van der Waals surface area contributed by atoms with Crippen molar-refractivity contribution >= 4 is 30.7 Å². The van der Waals surface area contributed by atoms with Gasteiger partial charge >= 0.3 is 0 Å². The van der Waals surface area contributed by atoms with Crippen LogP contribution in [0.5, 0.6) is 0 Å². The van der Waals surface area contributed by atoms with E-state index < -0.39 is 0 Å². The zero-order valence-electron chi connectivity index (χ0n) is 13.3. The highest BCUT2D eigenvalue weighted by Crippen LogP contribution is 2.17. The predicted molar refractivity (Wildman–Crippen MR) is 97.3 cm³/mol. The van der Waals surface area contributed by atoms with Crippen LogP contribution in [0, 0.1) is 0 Å². The van der Waals surface area contributed by atoms with Crippen molar-refractivity contribution in [2.75, 3.05) is 6.54 Å². The van der Waals surface area contributed by atoms with Crippen LogP contribution < -0.4 is 11.1 Å². The highest BCUT2D eigenvalue weighted by atomic mass is 35.5. The summed E-state index contributed by atoms with van der Waals surface area (Å²) in [5, 5.41) is 9.42. The van der Waals surface area contributed by atoms with Crippen molar-refractivity contribution in [2.24, 2.45) is 5.73 Å². The van der Waals surface area contributed by atoms with Gasteiger partial charge in [-0.05, 0) is 23.1 Å². The summed E-state index contributed by atoms with van der Waals surface area (Å²) in [4.78, 5) is 11.8. The Morgan fingerprint density at radius 1 is 1.17 bits per heavy atom. The number of halogens is 2. The topological polar surface area (TPSA) is 83.8 Å². The van der Waals surface area contributed by atoms with Crippen LogP contribution in [0.3, 0.4) is 0 Å². The number of nitrogens with two attached hydrogens (primary N) is 1. The predicted octanol–water partition coefficient (Wildman–Crippen LogP) is 2.74. The number of aromatic amines is 1. The molecule has 23 heavy (non-hydrogen) atoms. The fourth-order valence-electron chi connectivity index (χ4n) is 2.09. The van der Waals surface area contributed by atoms with Crippen LogP contribution in [0.4, 0.5) is 0 Å². The van der Waals surface area contributed by atoms with E-state index in [1.54, 1.807) is 12.3 Å². The maximum absolute atomic E-state index is 11.8. The summed E-state index contributed by atoms with van der Waals surface area (Å²) in [6, 6.07) is 9.82. The second kappa shape index (κ2) is 10.3. The first kappa shape index (κ1) is 21.4. The molecule has 0 radical (unpaired) electrons. The lowest BCUT2D eigenvalue weighted by molar-refractivity contribution is -0.120. The molecular formula is C16H24Cl2N4O. The van der Waals surface area contributed by atoms with Gasteiger partial charge in [0.2, 0.25) is 5.91 Å². The average molecular weight is 359 g/mol. The Morgan fingerprint density at radius 2 is 1.78 bits per heavy atom. The SMILES string of the molecule is CC(C)c1ccc(C(N)CNC(=O)Cc2ccn[nH]2)cc1.Cl.Cl. The van der Waals surface area contributed by atoms with E-state index in [4.69, 9.17) is 5.73 Å². The van der Waals surface area contributed by atoms with Crippen LogP contribution >= 0.6 is 24.8 Å². The van der Waals surface area contributed by atoms with E-state index in [0.717, 1.165) is 11.3 Å². The fraction of sp³-hybridized carbons (Fsp3) is 0.375. The van der Waals surface area contributed by atoms with E-state index in [1.165, 1.54) is 5.56 Å². The van der Waals surface area contributed by atoms with E-state index in [9.17, 15) is 4.79 Å². The van der Waals surface area contributed by atoms with Crippen LogP contribution in [0.2, 0.25) is 0 Å². The molecule has 1 aromatic carbocycles. The maximum atomic E-state index is 11.8. The summed E-state index contributed by atoms with van der Waals surface area (Å²) in [5.74, 6) is 0.442. The van der Waals surface area contributed by atoms with Crippen LogP contribution in [0.15, 0.2) is 36.5 Å². The fourth-order valence-corrected chi connectivity index (χ4v) is 2.09. The van der Waals surface area contributed by atoms with Crippen molar-refractivity contribution in [3.8, 4) is 0 Å². The minimum atomic E-state index is -0.197. The van der Waals surface area contributed by atoms with Gasteiger partial charge in [-0.1, -0.05) is 38.1 Å². The third-order valence-electron chi connectivity index (χ3n) is 3.46. The molecule has 7 heteroatoms. The summed E-state index contributed by atoms with van der Waals surface area (Å²) in [6.45, 7) is 4.74. The highest BCUT2D eigenvalue weighted by molar-refractivity contribution is 5.85. The van der Waals surface area contributed by atoms with Gasteiger partial charge in [-0.15, -0.1) is 24.8 Å². The largest absolute Gasteiger partial charge is 0.354 e. The quantitative estimate of drug-likeness (QED) is 0.742. The molecule has 2 rings (SSSR count). The molecule has 128 valence electrons. The number of amides is 1. The molecule has 1 aromatic heterocycles. The number of nitrogens with one attached hydrogen (secondary N) is 2. The minimum Gasteiger partial charge on any atom is -0.354 e. The van der Waals surface area contributed by atoms with Gasteiger partial charge in [-0.2, -0.15) is 5.10 Å². The molecule has 1 atom stereocenters. The molecule has 1 amide bonds. The molecule has 0 aliphatic heterocycles. The van der Waals surface area contributed by atoms with E-state index in [0.29, 0.717) is 18.9 Å². The van der Waals surface area contributed by atoms with E-state index in [1.807, 2.05) is 12.1 Å². The molecule has 1 heterocycles. The van der Waals surface area contributed by atoms with Gasteiger partial charge in [-0.3, -0.25) is 9.89 Å². The molecule has 0 aliphatic rings. The minimum absolute atomic E-state index is 0. The van der Waals surface area contributed by atoms with Gasteiger partial charge in [0.15, 0.2) is 0 Å². The Labute approximate surface area is 149 Å². The summed E-state index contributed by atoms with van der Waals surface area (Å²) >= 11 is 0. The first-order valence-corrected chi connectivity index (χ1v) is 7.16. The molecule has 5 nitrogen and oxygen atoms in total. The summed E-state index contributed by atoms with van der Waals surface area (Å²) in [7, 11) is 0. The van der Waals surface area contributed by atoms with E-state index in [-0.39, 0.29) is 36.8 Å². The lowest BCUT2D eigenvalue weighted by Crippen LogP contribution is -2.32. The Hall–Kier alpha value is -1.56. The van der Waals surface area contributed by atoms with Gasteiger partial charge in [0.1, 0.15) is 0 Å².